The molecule has 1 aromatic rings. The Morgan fingerprint density at radius 3 is 2.62 bits per heavy atom. The highest BCUT2D eigenvalue weighted by atomic mass is 32.2. The van der Waals surface area contributed by atoms with Crippen LogP contribution in [0.25, 0.3) is 0 Å². The lowest BCUT2D eigenvalue weighted by atomic mass is 10.4. The Morgan fingerprint density at radius 1 is 1.33 bits per heavy atom. The lowest BCUT2D eigenvalue weighted by Crippen LogP contribution is -2.31. The minimum Gasteiger partial charge on any atom is -0.298 e. The van der Waals surface area contributed by atoms with Crippen molar-refractivity contribution in [2.75, 3.05) is 11.5 Å². The van der Waals surface area contributed by atoms with Gasteiger partial charge in [-0.1, -0.05) is 32.5 Å². The summed E-state index contributed by atoms with van der Waals surface area (Å²) in [6.45, 7) is 9.87. The Labute approximate surface area is 130 Å². The summed E-state index contributed by atoms with van der Waals surface area (Å²) in [6, 6.07) is 1.29. The van der Waals surface area contributed by atoms with Crippen LogP contribution in [-0.2, 0) is 6.54 Å². The average Bonchev–Trinajstić information content (AvgIpc) is 2.39. The van der Waals surface area contributed by atoms with Crippen LogP contribution in [-0.4, -0.2) is 29.1 Å². The van der Waals surface area contributed by atoms with Gasteiger partial charge in [0.1, 0.15) is 0 Å². The number of aryl methyl sites for hydroxylation is 1. The molecule has 1 aromatic heterocycles. The zero-order valence-electron chi connectivity index (χ0n) is 13.2. The van der Waals surface area contributed by atoms with Gasteiger partial charge >= 0.3 is 5.69 Å². The number of hydrogen-bond donors (Lipinski definition) is 1. The molecule has 120 valence electrons. The second kappa shape index (κ2) is 7.98. The smallest absolute Gasteiger partial charge is 0.298 e. The highest BCUT2D eigenvalue weighted by molar-refractivity contribution is 7.99. The normalized spacial score (nSPS) is 12.1. The number of hydrogen-bond acceptors (Lipinski definition) is 3. The number of nitrogens with one attached hydrogen (secondary N) is 1. The fraction of sp³-hybridized carbons (Fsp3) is 0.714. The van der Waals surface area contributed by atoms with E-state index in [2.05, 4.69) is 26.9 Å². The van der Waals surface area contributed by atoms with E-state index < -0.39 is 25.1 Å². The number of aromatic nitrogens is 2. The minimum absolute atomic E-state index is 0.435. The fourth-order valence-corrected chi connectivity index (χ4v) is 5.51. The van der Waals surface area contributed by atoms with Crippen molar-refractivity contribution in [1.29, 1.82) is 0 Å². The molecule has 0 saturated heterocycles. The van der Waals surface area contributed by atoms with Gasteiger partial charge in [0.05, 0.1) is 14.3 Å². The Kier molecular flexibility index (Phi) is 6.93. The molecule has 0 saturated carbocycles. The molecular formula is C14H25FN2O2SSi. The molecule has 0 amide bonds. The van der Waals surface area contributed by atoms with E-state index in [1.165, 1.54) is 10.6 Å². The van der Waals surface area contributed by atoms with Gasteiger partial charge in [0.25, 0.3) is 5.56 Å². The first-order valence-corrected chi connectivity index (χ1v) is 11.7. The van der Waals surface area contributed by atoms with Crippen molar-refractivity contribution >= 4 is 19.8 Å². The lowest BCUT2D eigenvalue weighted by Gasteiger charge is -2.26. The van der Waals surface area contributed by atoms with Crippen LogP contribution in [0.3, 0.4) is 0 Å². The van der Waals surface area contributed by atoms with Gasteiger partial charge in [0.2, 0.25) is 5.82 Å². The van der Waals surface area contributed by atoms with E-state index in [1.807, 2.05) is 16.7 Å². The molecule has 0 unspecified atom stereocenters. The monoisotopic (exact) mass is 332 g/mol. The number of H-pyrrole nitrogens is 1. The number of rotatable bonds is 8. The zero-order chi connectivity index (χ0) is 16.0. The molecule has 4 nitrogen and oxygen atoms in total. The predicted octanol–water partition coefficient (Wildman–Crippen LogP) is 2.92. The number of aromatic amines is 1. The van der Waals surface area contributed by atoms with Gasteiger partial charge in [-0.2, -0.15) is 16.2 Å². The molecule has 1 N–H and O–H groups in total. The molecular weight excluding hydrogens is 307 g/mol. The van der Waals surface area contributed by atoms with Gasteiger partial charge in [0.15, 0.2) is 0 Å². The van der Waals surface area contributed by atoms with Gasteiger partial charge in [0, 0.05) is 6.54 Å². The first kappa shape index (κ1) is 18.2. The SMILES string of the molecule is CC(C)[Si](C)(C)CCSCCCn1cc(F)c(=O)[nH]c1=O. The summed E-state index contributed by atoms with van der Waals surface area (Å²) in [7, 11) is -1.09. The maximum atomic E-state index is 13.1. The Morgan fingerprint density at radius 2 is 2.00 bits per heavy atom. The fourth-order valence-electron chi connectivity index (χ4n) is 1.71. The standard InChI is InChI=1S/C14H25FN2O2SSi/c1-11(2)21(3,4)9-8-20-7-5-6-17-10-12(15)13(18)16-14(17)19/h10-11H,5-9H2,1-4H3,(H,16,18,19). The highest BCUT2D eigenvalue weighted by Crippen LogP contribution is 2.26. The maximum Gasteiger partial charge on any atom is 0.328 e. The van der Waals surface area contributed by atoms with Crippen LogP contribution in [0.4, 0.5) is 4.39 Å². The van der Waals surface area contributed by atoms with Crippen molar-refractivity contribution in [1.82, 2.24) is 9.55 Å². The first-order chi connectivity index (χ1) is 9.74. The molecule has 0 atom stereocenters. The Balaban J connectivity index is 2.31. The molecule has 0 spiro atoms. The van der Waals surface area contributed by atoms with E-state index in [9.17, 15) is 14.0 Å². The lowest BCUT2D eigenvalue weighted by molar-refractivity contribution is 0.547. The summed E-state index contributed by atoms with van der Waals surface area (Å²) in [5.74, 6) is 1.18. The topological polar surface area (TPSA) is 54.9 Å². The van der Waals surface area contributed by atoms with Gasteiger partial charge < -0.3 is 0 Å². The van der Waals surface area contributed by atoms with Crippen LogP contribution in [0.15, 0.2) is 15.8 Å². The van der Waals surface area contributed by atoms with E-state index in [1.54, 1.807) is 0 Å². The largest absolute Gasteiger partial charge is 0.328 e. The van der Waals surface area contributed by atoms with E-state index >= 15 is 0 Å². The minimum atomic E-state index is -1.09. The predicted molar refractivity (Wildman–Crippen MR) is 90.6 cm³/mol. The number of halogens is 1. The van der Waals surface area contributed by atoms with Crippen LogP contribution >= 0.6 is 11.8 Å². The molecule has 0 fully saturated rings. The summed E-state index contributed by atoms with van der Waals surface area (Å²) in [5, 5.41) is 0. The summed E-state index contributed by atoms with van der Waals surface area (Å²) in [6.07, 6.45) is 1.78. The van der Waals surface area contributed by atoms with Crippen molar-refractivity contribution in [2.24, 2.45) is 0 Å². The van der Waals surface area contributed by atoms with Gasteiger partial charge in [-0.25, -0.2) is 4.79 Å². The van der Waals surface area contributed by atoms with Crippen molar-refractivity contribution in [3.63, 3.8) is 0 Å². The molecule has 0 aromatic carbocycles. The van der Waals surface area contributed by atoms with Crippen LogP contribution in [0, 0.1) is 5.82 Å². The van der Waals surface area contributed by atoms with Crippen LogP contribution < -0.4 is 11.2 Å². The van der Waals surface area contributed by atoms with Gasteiger partial charge in [-0.15, -0.1) is 0 Å². The van der Waals surface area contributed by atoms with E-state index in [0.29, 0.717) is 6.54 Å². The molecule has 1 heterocycles. The van der Waals surface area contributed by atoms with Crippen LogP contribution in [0.2, 0.25) is 24.7 Å². The first-order valence-electron chi connectivity index (χ1n) is 7.31. The molecule has 1 rings (SSSR count). The van der Waals surface area contributed by atoms with Crippen molar-refractivity contribution < 1.29 is 4.39 Å². The van der Waals surface area contributed by atoms with Gasteiger partial charge in [-0.3, -0.25) is 14.3 Å². The summed E-state index contributed by atoms with van der Waals surface area (Å²) in [5.41, 5.74) is -0.702. The Hall–Kier alpha value is -0.823. The zero-order valence-corrected chi connectivity index (χ0v) is 15.1. The van der Waals surface area contributed by atoms with E-state index in [4.69, 9.17) is 0 Å². The van der Waals surface area contributed by atoms with Crippen molar-refractivity contribution in [3.05, 3.63) is 32.9 Å². The number of thioether (sulfide) groups is 1. The summed E-state index contributed by atoms with van der Waals surface area (Å²) in [4.78, 5) is 24.3. The van der Waals surface area contributed by atoms with Crippen LogP contribution in [0.5, 0.6) is 0 Å². The second-order valence-corrected chi connectivity index (χ2v) is 13.1. The molecule has 0 aliphatic carbocycles. The van der Waals surface area contributed by atoms with Crippen molar-refractivity contribution in [2.45, 2.75) is 51.5 Å². The molecule has 0 radical (unpaired) electrons. The molecule has 21 heavy (non-hydrogen) atoms. The van der Waals surface area contributed by atoms with Crippen molar-refractivity contribution in [3.8, 4) is 0 Å². The second-order valence-electron chi connectivity index (χ2n) is 6.29. The summed E-state index contributed by atoms with van der Waals surface area (Å²) >= 11 is 1.88. The quantitative estimate of drug-likeness (QED) is 0.588. The number of nitrogens with zero attached hydrogens (tertiary/aromatic N) is 1. The molecule has 0 aliphatic heterocycles. The molecule has 7 heteroatoms. The third kappa shape index (κ3) is 5.82. The molecule has 0 bridgehead atoms. The van der Waals surface area contributed by atoms with E-state index in [0.717, 1.165) is 29.7 Å². The maximum absolute atomic E-state index is 13.1. The Bertz CT molecular complexity index is 569. The summed E-state index contributed by atoms with van der Waals surface area (Å²) < 4.78 is 14.3. The highest BCUT2D eigenvalue weighted by Gasteiger charge is 2.23. The average molecular weight is 333 g/mol. The molecule has 0 aliphatic rings. The van der Waals surface area contributed by atoms with E-state index in [-0.39, 0.29) is 0 Å². The van der Waals surface area contributed by atoms with Gasteiger partial charge in [-0.05, 0) is 24.0 Å². The van der Waals surface area contributed by atoms with Crippen LogP contribution in [0.1, 0.15) is 20.3 Å². The third-order valence-corrected chi connectivity index (χ3v) is 10.2. The third-order valence-electron chi connectivity index (χ3n) is 4.11.